The Bertz CT molecular complexity index is 740. The molecule has 1 aliphatic rings. The van der Waals surface area contributed by atoms with Gasteiger partial charge in [0.2, 0.25) is 0 Å². The summed E-state index contributed by atoms with van der Waals surface area (Å²) in [5.74, 6) is -59.7. The molecule has 0 spiro atoms. The van der Waals surface area contributed by atoms with Crippen molar-refractivity contribution in [3.8, 4) is 0 Å². The van der Waals surface area contributed by atoms with Crippen LogP contribution in [0.25, 0.3) is 0 Å². The van der Waals surface area contributed by atoms with E-state index in [9.17, 15) is 75.0 Å². The van der Waals surface area contributed by atoms with Crippen molar-refractivity contribution in [2.45, 2.75) is 66.1 Å². The third-order valence-electron chi connectivity index (χ3n) is 4.63. The van der Waals surface area contributed by atoms with Gasteiger partial charge < -0.3 is 4.90 Å². The monoisotopic (exact) mass is 547 g/mol. The zero-order valence-corrected chi connectivity index (χ0v) is 16.1. The Morgan fingerprint density at radius 3 is 1.15 bits per heavy atom. The number of hydrogen-bond donors (Lipinski definition) is 0. The van der Waals surface area contributed by atoms with Gasteiger partial charge in [-0.25, -0.2) is 0 Å². The van der Waals surface area contributed by atoms with E-state index in [2.05, 4.69) is 11.6 Å². The Balaban J connectivity index is 3.57. The summed E-state index contributed by atoms with van der Waals surface area (Å²) in [5.41, 5.74) is 0. The second kappa shape index (κ2) is 8.10. The molecule has 0 atom stereocenters. The molecule has 196 valence electrons. The highest BCUT2D eigenvalue weighted by atomic mass is 35.5. The van der Waals surface area contributed by atoms with Gasteiger partial charge in [0.25, 0.3) is 5.91 Å². The standard InChI is InChI=1S/C14H10ClF16NO/c15-14(30,31)13(28,29)12(26,27)11(24,25)10(22,23)9(20,21)8(18,19)7(16,17)6(33)32-4-2-1-3-5-32/h1-5H2. The van der Waals surface area contributed by atoms with Crippen LogP contribution < -0.4 is 0 Å². The molecule has 0 bridgehead atoms. The fourth-order valence-electron chi connectivity index (χ4n) is 2.59. The first-order chi connectivity index (χ1) is 14.3. The van der Waals surface area contributed by atoms with Crippen molar-refractivity contribution < 1.29 is 75.0 Å². The van der Waals surface area contributed by atoms with Crippen LogP contribution in [0.1, 0.15) is 19.3 Å². The van der Waals surface area contributed by atoms with E-state index in [0.29, 0.717) is 0 Å². The Morgan fingerprint density at radius 1 is 0.515 bits per heavy atom. The van der Waals surface area contributed by atoms with E-state index >= 15 is 0 Å². The minimum absolute atomic E-state index is 0.161. The van der Waals surface area contributed by atoms with Crippen LogP contribution >= 0.6 is 11.6 Å². The summed E-state index contributed by atoms with van der Waals surface area (Å²) in [5, 5.41) is -6.83. The molecule has 0 aromatic carbocycles. The molecule has 2 nitrogen and oxygen atoms in total. The van der Waals surface area contributed by atoms with Crippen LogP contribution in [0.4, 0.5) is 70.2 Å². The molecule has 0 radical (unpaired) electrons. The van der Waals surface area contributed by atoms with Crippen LogP contribution in [0.3, 0.4) is 0 Å². The number of piperidine rings is 1. The minimum atomic E-state index is -8.57. The van der Waals surface area contributed by atoms with Crippen LogP contribution in [0.5, 0.6) is 0 Å². The van der Waals surface area contributed by atoms with Crippen LogP contribution in [-0.4, -0.2) is 70.7 Å². The Hall–Kier alpha value is -1.36. The lowest BCUT2D eigenvalue weighted by atomic mass is 9.88. The van der Waals surface area contributed by atoms with Crippen molar-refractivity contribution >= 4 is 17.5 Å². The average molecular weight is 548 g/mol. The third-order valence-corrected chi connectivity index (χ3v) is 4.87. The number of likely N-dealkylation sites (tertiary alicyclic amines) is 1. The second-order valence-electron chi connectivity index (χ2n) is 6.87. The highest BCUT2D eigenvalue weighted by molar-refractivity contribution is 6.22. The molecule has 1 heterocycles. The highest BCUT2D eigenvalue weighted by Crippen LogP contribution is 2.64. The lowest BCUT2D eigenvalue weighted by Gasteiger charge is -2.43. The molecule has 1 rings (SSSR count). The number of amides is 1. The molecule has 0 unspecified atom stereocenters. The van der Waals surface area contributed by atoms with Gasteiger partial charge in [-0.2, -0.15) is 70.2 Å². The number of nitrogens with zero attached hydrogens (tertiary/aromatic N) is 1. The van der Waals surface area contributed by atoms with Gasteiger partial charge in [-0.1, -0.05) is 0 Å². The molecule has 1 aliphatic heterocycles. The summed E-state index contributed by atoms with van der Waals surface area (Å²) in [4.78, 5) is 11.3. The zero-order valence-electron chi connectivity index (χ0n) is 15.3. The van der Waals surface area contributed by atoms with Gasteiger partial charge in [-0.3, -0.25) is 4.79 Å². The van der Waals surface area contributed by atoms with Crippen LogP contribution in [-0.2, 0) is 4.79 Å². The van der Waals surface area contributed by atoms with Gasteiger partial charge in [-0.15, -0.1) is 0 Å². The second-order valence-corrected chi connectivity index (χ2v) is 7.35. The molecule has 1 amide bonds. The van der Waals surface area contributed by atoms with Crippen molar-refractivity contribution in [2.24, 2.45) is 0 Å². The van der Waals surface area contributed by atoms with Crippen molar-refractivity contribution in [2.75, 3.05) is 13.1 Å². The Morgan fingerprint density at radius 2 is 0.818 bits per heavy atom. The van der Waals surface area contributed by atoms with Crippen molar-refractivity contribution in [3.63, 3.8) is 0 Å². The third kappa shape index (κ3) is 3.96. The maximum absolute atomic E-state index is 13.8. The van der Waals surface area contributed by atoms with Gasteiger partial charge in [-0.05, 0) is 30.9 Å². The van der Waals surface area contributed by atoms with E-state index in [-0.39, 0.29) is 24.2 Å². The topological polar surface area (TPSA) is 20.3 Å². The quantitative estimate of drug-likeness (QED) is 0.259. The molecule has 19 heteroatoms. The van der Waals surface area contributed by atoms with E-state index in [1.165, 1.54) is 0 Å². The lowest BCUT2D eigenvalue weighted by molar-refractivity contribution is -0.446. The summed E-state index contributed by atoms with van der Waals surface area (Å²) < 4.78 is 214. The van der Waals surface area contributed by atoms with Gasteiger partial charge in [0.05, 0.1) is 0 Å². The number of halogens is 17. The predicted octanol–water partition coefficient (Wildman–Crippen LogP) is 6.28. The largest absolute Gasteiger partial charge is 0.393 e. The minimum Gasteiger partial charge on any atom is -0.337 e. The first kappa shape index (κ1) is 29.7. The summed E-state index contributed by atoms with van der Waals surface area (Å²) >= 11 is 3.42. The average Bonchev–Trinajstić information content (AvgIpc) is 2.66. The summed E-state index contributed by atoms with van der Waals surface area (Å²) in [6.07, 6.45) is -0.0986. The van der Waals surface area contributed by atoms with E-state index in [1.807, 2.05) is 0 Å². The summed E-state index contributed by atoms with van der Waals surface area (Å²) in [6.45, 7) is -1.59. The number of rotatable bonds is 8. The molecule has 0 aromatic rings. The maximum Gasteiger partial charge on any atom is 0.393 e. The molecule has 0 N–H and O–H groups in total. The highest BCUT2D eigenvalue weighted by Gasteiger charge is 2.95. The molecule has 0 aromatic heterocycles. The van der Waals surface area contributed by atoms with Crippen LogP contribution in [0, 0.1) is 0 Å². The molecule has 1 fully saturated rings. The fraction of sp³-hybridized carbons (Fsp3) is 0.929. The van der Waals surface area contributed by atoms with Gasteiger partial charge >= 0.3 is 46.8 Å². The smallest absolute Gasteiger partial charge is 0.337 e. The van der Waals surface area contributed by atoms with Gasteiger partial charge in [0.1, 0.15) is 0 Å². The number of hydrogen-bond acceptors (Lipinski definition) is 1. The van der Waals surface area contributed by atoms with Crippen molar-refractivity contribution in [3.05, 3.63) is 0 Å². The molecule has 33 heavy (non-hydrogen) atoms. The molecule has 0 aliphatic carbocycles. The van der Waals surface area contributed by atoms with Gasteiger partial charge in [0.15, 0.2) is 0 Å². The predicted molar refractivity (Wildman–Crippen MR) is 75.9 cm³/mol. The van der Waals surface area contributed by atoms with E-state index in [1.54, 1.807) is 0 Å². The molecule has 1 saturated heterocycles. The van der Waals surface area contributed by atoms with Crippen LogP contribution in [0.15, 0.2) is 0 Å². The first-order valence-electron chi connectivity index (χ1n) is 8.27. The molecule has 0 saturated carbocycles. The van der Waals surface area contributed by atoms with E-state index in [4.69, 9.17) is 0 Å². The Labute approximate surface area is 177 Å². The maximum atomic E-state index is 13.8. The number of carbonyl (C=O) groups is 1. The Kier molecular flexibility index (Phi) is 7.28. The van der Waals surface area contributed by atoms with Crippen molar-refractivity contribution in [1.82, 2.24) is 4.90 Å². The first-order valence-corrected chi connectivity index (χ1v) is 8.65. The summed E-state index contributed by atoms with van der Waals surface area (Å²) in [7, 11) is 0. The van der Waals surface area contributed by atoms with E-state index in [0.717, 1.165) is 0 Å². The summed E-state index contributed by atoms with van der Waals surface area (Å²) in [6, 6.07) is 0. The molecular formula is C14H10ClF16NO. The lowest BCUT2D eigenvalue weighted by Crippen LogP contribution is -2.75. The number of alkyl halides is 17. The van der Waals surface area contributed by atoms with Crippen LogP contribution in [0.2, 0.25) is 0 Å². The number of carbonyl (C=O) groups excluding carboxylic acids is 1. The van der Waals surface area contributed by atoms with Gasteiger partial charge in [0, 0.05) is 13.1 Å². The normalized spacial score (nSPS) is 18.5. The SMILES string of the molecule is O=C(N1CCCCC1)C(F)(F)C(F)(F)C(F)(F)C(F)(F)C(F)(F)C(F)(F)C(F)(F)C(F)(F)Cl. The fourth-order valence-corrected chi connectivity index (χ4v) is 2.71. The molecular weight excluding hydrogens is 538 g/mol. The zero-order chi connectivity index (χ0) is 26.7. The van der Waals surface area contributed by atoms with E-state index < -0.39 is 65.8 Å². The van der Waals surface area contributed by atoms with Crippen molar-refractivity contribution in [1.29, 1.82) is 0 Å².